The number of sulfone groups is 1. The molecule has 2 aromatic carbocycles. The van der Waals surface area contributed by atoms with E-state index in [4.69, 9.17) is 0 Å². The van der Waals surface area contributed by atoms with E-state index in [1.807, 2.05) is 24.3 Å². The normalized spacial score (nSPS) is 23.7. The summed E-state index contributed by atoms with van der Waals surface area (Å²) in [5, 5.41) is 0. The lowest BCUT2D eigenvalue weighted by atomic mass is 10.1. The lowest BCUT2D eigenvalue weighted by molar-refractivity contribution is 0.206. The maximum atomic E-state index is 13.5. The molecule has 2 aliphatic heterocycles. The Kier molecular flexibility index (Phi) is 4.42. The van der Waals surface area contributed by atoms with Gasteiger partial charge in [0.05, 0.1) is 23.6 Å². The molecule has 0 radical (unpaired) electrons. The van der Waals surface area contributed by atoms with E-state index in [0.29, 0.717) is 11.3 Å². The molecule has 2 aliphatic rings. The standard InChI is InChI=1S/C20H21FN2O3S/c1-2-14-6-8-17(9-7-14)23-19-13-27(25,26)12-18(19)22(20(23)24)11-15-4-3-5-16(21)10-15/h3-10,18-19H,2,11-13H2,1H3/t18-,19+/m0/s1. The van der Waals surface area contributed by atoms with E-state index in [1.54, 1.807) is 21.9 Å². The highest BCUT2D eigenvalue weighted by Crippen LogP contribution is 2.36. The number of halogens is 1. The van der Waals surface area contributed by atoms with Crippen molar-refractivity contribution in [2.45, 2.75) is 32.0 Å². The summed E-state index contributed by atoms with van der Waals surface area (Å²) in [5.41, 5.74) is 2.50. The van der Waals surface area contributed by atoms with E-state index in [0.717, 1.165) is 12.0 Å². The molecule has 2 amide bonds. The molecule has 0 saturated carbocycles. The maximum absolute atomic E-state index is 13.5. The molecule has 2 aromatic rings. The van der Waals surface area contributed by atoms with E-state index in [9.17, 15) is 17.6 Å². The molecule has 0 spiro atoms. The van der Waals surface area contributed by atoms with E-state index in [1.165, 1.54) is 12.1 Å². The molecule has 0 aliphatic carbocycles. The first-order chi connectivity index (χ1) is 12.9. The van der Waals surface area contributed by atoms with E-state index in [-0.39, 0.29) is 29.9 Å². The van der Waals surface area contributed by atoms with Crippen LogP contribution in [0.25, 0.3) is 0 Å². The number of carbonyl (C=O) groups excluding carboxylic acids is 1. The van der Waals surface area contributed by atoms with Crippen molar-refractivity contribution < 1.29 is 17.6 Å². The summed E-state index contributed by atoms with van der Waals surface area (Å²) < 4.78 is 38.0. The smallest absolute Gasteiger partial charge is 0.314 e. The van der Waals surface area contributed by atoms with Gasteiger partial charge in [-0.05, 0) is 41.8 Å². The van der Waals surface area contributed by atoms with Crippen LogP contribution in [0.1, 0.15) is 18.1 Å². The van der Waals surface area contributed by atoms with Gasteiger partial charge in [-0.1, -0.05) is 31.2 Å². The van der Waals surface area contributed by atoms with Gasteiger partial charge in [0.25, 0.3) is 0 Å². The van der Waals surface area contributed by atoms with Gasteiger partial charge in [0.2, 0.25) is 0 Å². The molecule has 2 fully saturated rings. The van der Waals surface area contributed by atoms with Gasteiger partial charge in [-0.2, -0.15) is 0 Å². The fourth-order valence-electron chi connectivity index (χ4n) is 3.99. The molecule has 5 nitrogen and oxygen atoms in total. The fraction of sp³-hybridized carbons (Fsp3) is 0.350. The Morgan fingerprint density at radius 1 is 1.04 bits per heavy atom. The molecule has 142 valence electrons. The Morgan fingerprint density at radius 3 is 2.41 bits per heavy atom. The van der Waals surface area contributed by atoms with Crippen LogP contribution < -0.4 is 4.90 Å². The molecular weight excluding hydrogens is 367 g/mol. The molecule has 2 atom stereocenters. The summed E-state index contributed by atoms with van der Waals surface area (Å²) in [6.07, 6.45) is 0.889. The van der Waals surface area contributed by atoms with E-state index >= 15 is 0 Å². The van der Waals surface area contributed by atoms with Gasteiger partial charge >= 0.3 is 6.03 Å². The highest BCUT2D eigenvalue weighted by atomic mass is 32.2. The predicted octanol–water partition coefficient (Wildman–Crippen LogP) is 3.00. The van der Waals surface area contributed by atoms with E-state index < -0.39 is 21.9 Å². The second kappa shape index (κ2) is 6.64. The second-order valence-electron chi connectivity index (χ2n) is 7.14. The number of rotatable bonds is 4. The highest BCUT2D eigenvalue weighted by molar-refractivity contribution is 7.91. The minimum absolute atomic E-state index is 0.0431. The molecule has 0 unspecified atom stereocenters. The maximum Gasteiger partial charge on any atom is 0.325 e. The minimum Gasteiger partial charge on any atom is -0.314 e. The van der Waals surface area contributed by atoms with Crippen molar-refractivity contribution in [3.8, 4) is 0 Å². The van der Waals surface area contributed by atoms with Gasteiger partial charge in [-0.25, -0.2) is 17.6 Å². The predicted molar refractivity (Wildman–Crippen MR) is 102 cm³/mol. The van der Waals surface area contributed by atoms with Crippen LogP contribution in [-0.2, 0) is 22.8 Å². The Hall–Kier alpha value is -2.41. The zero-order chi connectivity index (χ0) is 19.2. The fourth-order valence-corrected chi connectivity index (χ4v) is 5.94. The summed E-state index contributed by atoms with van der Waals surface area (Å²) in [4.78, 5) is 16.3. The number of benzene rings is 2. The van der Waals surface area contributed by atoms with Crippen molar-refractivity contribution in [3.05, 3.63) is 65.5 Å². The monoisotopic (exact) mass is 388 g/mol. The second-order valence-corrected chi connectivity index (χ2v) is 9.30. The average Bonchev–Trinajstić information content (AvgIpc) is 3.06. The zero-order valence-corrected chi connectivity index (χ0v) is 15.8. The van der Waals surface area contributed by atoms with Crippen LogP contribution in [0.2, 0.25) is 0 Å². The van der Waals surface area contributed by atoms with Gasteiger partial charge in [-0.15, -0.1) is 0 Å². The van der Waals surface area contributed by atoms with Crippen LogP contribution in [0, 0.1) is 5.82 Å². The number of amides is 2. The Bertz CT molecular complexity index is 975. The van der Waals surface area contributed by atoms with E-state index in [2.05, 4.69) is 6.92 Å². The van der Waals surface area contributed by atoms with Crippen LogP contribution in [0.4, 0.5) is 14.9 Å². The molecular formula is C20H21FN2O3S. The third kappa shape index (κ3) is 3.32. The Morgan fingerprint density at radius 2 is 1.74 bits per heavy atom. The number of aryl methyl sites for hydroxylation is 1. The van der Waals surface area contributed by atoms with Gasteiger partial charge < -0.3 is 4.90 Å². The van der Waals surface area contributed by atoms with Crippen LogP contribution in [0.3, 0.4) is 0 Å². The SMILES string of the molecule is CCc1ccc(N2C(=O)N(Cc3cccc(F)c3)[C@H]3CS(=O)(=O)C[C@H]32)cc1. The first kappa shape index (κ1) is 18.0. The Labute approximate surface area is 158 Å². The van der Waals surface area contributed by atoms with Crippen molar-refractivity contribution in [2.24, 2.45) is 0 Å². The van der Waals surface area contributed by atoms with Crippen LogP contribution in [-0.4, -0.2) is 42.9 Å². The molecule has 0 N–H and O–H groups in total. The van der Waals surface area contributed by atoms with Crippen LogP contribution >= 0.6 is 0 Å². The molecule has 4 rings (SSSR count). The largest absolute Gasteiger partial charge is 0.325 e. The topological polar surface area (TPSA) is 57.7 Å². The first-order valence-corrected chi connectivity index (χ1v) is 10.8. The van der Waals surface area contributed by atoms with Gasteiger partial charge in [0, 0.05) is 12.2 Å². The summed E-state index contributed by atoms with van der Waals surface area (Å²) in [5.74, 6) is -0.470. The molecule has 7 heteroatoms. The minimum atomic E-state index is -3.23. The zero-order valence-electron chi connectivity index (χ0n) is 15.0. The third-order valence-corrected chi connectivity index (χ3v) is 7.04. The van der Waals surface area contributed by atoms with Crippen molar-refractivity contribution in [3.63, 3.8) is 0 Å². The number of anilines is 1. The molecule has 2 saturated heterocycles. The lowest BCUT2D eigenvalue weighted by Crippen LogP contribution is -2.37. The number of hydrogen-bond acceptors (Lipinski definition) is 3. The summed E-state index contributed by atoms with van der Waals surface area (Å²) in [7, 11) is -3.23. The van der Waals surface area contributed by atoms with Crippen LogP contribution in [0.5, 0.6) is 0 Å². The molecule has 0 bridgehead atoms. The molecule has 27 heavy (non-hydrogen) atoms. The quantitative estimate of drug-likeness (QED) is 0.757. The first-order valence-electron chi connectivity index (χ1n) is 9.01. The van der Waals surface area contributed by atoms with Gasteiger partial charge in [-0.3, -0.25) is 4.90 Å². The molecule has 0 aromatic heterocycles. The number of nitrogens with zero attached hydrogens (tertiary/aromatic N) is 2. The number of fused-ring (bicyclic) bond motifs is 1. The average molecular weight is 388 g/mol. The summed E-state index contributed by atoms with van der Waals surface area (Å²) >= 11 is 0. The van der Waals surface area contributed by atoms with Crippen molar-refractivity contribution in [1.29, 1.82) is 0 Å². The number of carbonyl (C=O) groups is 1. The summed E-state index contributed by atoms with van der Waals surface area (Å²) in [6, 6.07) is 12.6. The highest BCUT2D eigenvalue weighted by Gasteiger charge is 2.53. The van der Waals surface area contributed by atoms with Crippen molar-refractivity contribution in [1.82, 2.24) is 4.90 Å². The number of urea groups is 1. The third-order valence-electron chi connectivity index (χ3n) is 5.34. The van der Waals surface area contributed by atoms with Crippen LogP contribution in [0.15, 0.2) is 48.5 Å². The van der Waals surface area contributed by atoms with Gasteiger partial charge in [0.1, 0.15) is 5.82 Å². The summed E-state index contributed by atoms with van der Waals surface area (Å²) in [6.45, 7) is 2.24. The molecule has 2 heterocycles. The van der Waals surface area contributed by atoms with Crippen molar-refractivity contribution >= 4 is 21.6 Å². The lowest BCUT2D eigenvalue weighted by Gasteiger charge is -2.23. The number of hydrogen-bond donors (Lipinski definition) is 0. The van der Waals surface area contributed by atoms with Crippen molar-refractivity contribution in [2.75, 3.05) is 16.4 Å². The Balaban J connectivity index is 1.69. The van der Waals surface area contributed by atoms with Gasteiger partial charge in [0.15, 0.2) is 9.84 Å².